The average Bonchev–Trinajstić information content (AvgIpc) is 3.31. The number of rotatable bonds is 2. The molecule has 3 saturated carbocycles. The van der Waals surface area contributed by atoms with E-state index in [1.807, 2.05) is 0 Å². The lowest BCUT2D eigenvalue weighted by atomic mass is 9.95. The molecule has 0 amide bonds. The molecular weight excluding hydrogens is 244 g/mol. The number of nitrogens with one attached hydrogen (secondary N) is 1. The van der Waals surface area contributed by atoms with Crippen LogP contribution in [0.5, 0.6) is 0 Å². The molecule has 20 heavy (non-hydrogen) atoms. The fourth-order valence-electron chi connectivity index (χ4n) is 3.34. The van der Waals surface area contributed by atoms with Crippen LogP contribution in [0.2, 0.25) is 0 Å². The van der Waals surface area contributed by atoms with Crippen LogP contribution in [0.15, 0.2) is 4.99 Å². The van der Waals surface area contributed by atoms with Crippen molar-refractivity contribution < 1.29 is 0 Å². The van der Waals surface area contributed by atoms with Gasteiger partial charge in [-0.1, -0.05) is 44.4 Å². The van der Waals surface area contributed by atoms with E-state index < -0.39 is 0 Å². The number of aliphatic imine (C=N–C) groups is 1. The molecule has 2 heteroatoms. The van der Waals surface area contributed by atoms with Gasteiger partial charge in [-0.25, -0.2) is 0 Å². The highest BCUT2D eigenvalue weighted by molar-refractivity contribution is 5.98. The van der Waals surface area contributed by atoms with Crippen molar-refractivity contribution in [2.75, 3.05) is 0 Å². The molecule has 0 radical (unpaired) electrons. The highest BCUT2D eigenvalue weighted by atomic mass is 15.0. The summed E-state index contributed by atoms with van der Waals surface area (Å²) in [6, 6.07) is 1.16. The molecule has 2 nitrogen and oxygen atoms in total. The minimum Gasteiger partial charge on any atom is -0.361 e. The summed E-state index contributed by atoms with van der Waals surface area (Å²) in [4.78, 5) is 4.96. The number of nitrogens with zero attached hydrogens (tertiary/aromatic N) is 1. The van der Waals surface area contributed by atoms with Gasteiger partial charge >= 0.3 is 0 Å². The summed E-state index contributed by atoms with van der Waals surface area (Å²) in [6.07, 6.45) is 16.0. The van der Waals surface area contributed by atoms with Crippen LogP contribution in [-0.4, -0.2) is 17.9 Å². The van der Waals surface area contributed by atoms with Crippen molar-refractivity contribution in [3.8, 4) is 11.8 Å². The molecule has 0 heterocycles. The molecule has 0 saturated heterocycles. The molecule has 0 aromatic heterocycles. The van der Waals surface area contributed by atoms with Gasteiger partial charge in [-0.05, 0) is 44.4 Å². The van der Waals surface area contributed by atoms with Gasteiger partial charge < -0.3 is 5.32 Å². The van der Waals surface area contributed by atoms with Crippen LogP contribution < -0.4 is 5.32 Å². The van der Waals surface area contributed by atoms with Crippen molar-refractivity contribution >= 4 is 5.84 Å². The zero-order chi connectivity index (χ0) is 13.6. The first-order chi connectivity index (χ1) is 9.90. The Morgan fingerprint density at radius 2 is 1.45 bits per heavy atom. The van der Waals surface area contributed by atoms with Gasteiger partial charge in [-0.2, -0.15) is 0 Å². The second-order valence-electron chi connectivity index (χ2n) is 6.79. The summed E-state index contributed by atoms with van der Waals surface area (Å²) in [5, 5.41) is 3.66. The van der Waals surface area contributed by atoms with E-state index in [1.54, 1.807) is 0 Å². The minimum atomic E-state index is 0.531. The second kappa shape index (κ2) is 7.16. The molecule has 110 valence electrons. The third-order valence-corrected chi connectivity index (χ3v) is 4.80. The fourth-order valence-corrected chi connectivity index (χ4v) is 3.34. The van der Waals surface area contributed by atoms with Gasteiger partial charge in [-0.15, -0.1) is 0 Å². The summed E-state index contributed by atoms with van der Waals surface area (Å²) in [6.45, 7) is 0. The Hall–Kier alpha value is -0.970. The van der Waals surface area contributed by atoms with Crippen LogP contribution in [0.3, 0.4) is 0 Å². The predicted octanol–water partition coefficient (Wildman–Crippen LogP) is 4.05. The van der Waals surface area contributed by atoms with Crippen molar-refractivity contribution in [2.45, 2.75) is 89.1 Å². The van der Waals surface area contributed by atoms with Crippen LogP contribution in [0.1, 0.15) is 77.0 Å². The molecule has 3 rings (SSSR count). The van der Waals surface area contributed by atoms with Crippen molar-refractivity contribution in [3.05, 3.63) is 0 Å². The molecule has 1 N–H and O–H groups in total. The fraction of sp³-hybridized carbons (Fsp3) is 0.833. The lowest BCUT2D eigenvalue weighted by Crippen LogP contribution is -2.36. The summed E-state index contributed by atoms with van der Waals surface area (Å²) in [5.41, 5.74) is 0. The predicted molar refractivity (Wildman–Crippen MR) is 84.8 cm³/mol. The number of hydrogen-bond donors (Lipinski definition) is 1. The molecular formula is C18H28N2. The van der Waals surface area contributed by atoms with Crippen molar-refractivity contribution in [3.63, 3.8) is 0 Å². The molecule has 0 spiro atoms. The Bertz CT molecular complexity index is 385. The van der Waals surface area contributed by atoms with E-state index in [0.717, 1.165) is 5.84 Å². The topological polar surface area (TPSA) is 24.4 Å². The standard InChI is InChI=1S/C18H28N2/c1-3-7-16(8-4-1)19-18(14-13-15-11-12-15)20-17-9-5-2-6-10-17/h15-17H,1-12H2,(H,19,20). The normalized spacial score (nSPS) is 25.9. The second-order valence-corrected chi connectivity index (χ2v) is 6.79. The first-order valence-corrected chi connectivity index (χ1v) is 8.76. The molecule has 0 unspecified atom stereocenters. The molecule has 3 fully saturated rings. The summed E-state index contributed by atoms with van der Waals surface area (Å²) in [5.74, 6) is 8.43. The van der Waals surface area contributed by atoms with Crippen molar-refractivity contribution in [1.29, 1.82) is 0 Å². The first kappa shape index (κ1) is 14.0. The van der Waals surface area contributed by atoms with Crippen molar-refractivity contribution in [1.82, 2.24) is 5.32 Å². The Morgan fingerprint density at radius 1 is 0.800 bits per heavy atom. The smallest absolute Gasteiger partial charge is 0.174 e. The summed E-state index contributed by atoms with van der Waals surface area (Å²) >= 11 is 0. The Labute approximate surface area is 123 Å². The number of hydrogen-bond acceptors (Lipinski definition) is 1. The first-order valence-electron chi connectivity index (χ1n) is 8.76. The highest BCUT2D eigenvalue weighted by Crippen LogP contribution is 2.27. The van der Waals surface area contributed by atoms with Gasteiger partial charge in [-0.3, -0.25) is 4.99 Å². The highest BCUT2D eigenvalue weighted by Gasteiger charge is 2.19. The van der Waals surface area contributed by atoms with Gasteiger partial charge in [0.2, 0.25) is 0 Å². The quantitative estimate of drug-likeness (QED) is 0.458. The van der Waals surface area contributed by atoms with Gasteiger partial charge in [0.1, 0.15) is 0 Å². The van der Waals surface area contributed by atoms with Gasteiger partial charge in [0, 0.05) is 12.0 Å². The SMILES string of the molecule is C(#CC1CC1)C(=NC1CCCCC1)NC1CCCCC1. The van der Waals surface area contributed by atoms with Gasteiger partial charge in [0.15, 0.2) is 5.84 Å². The van der Waals surface area contributed by atoms with E-state index in [0.29, 0.717) is 18.0 Å². The molecule has 0 aromatic rings. The van der Waals surface area contributed by atoms with E-state index >= 15 is 0 Å². The molecule has 3 aliphatic carbocycles. The van der Waals surface area contributed by atoms with E-state index in [2.05, 4.69) is 17.2 Å². The maximum atomic E-state index is 4.96. The van der Waals surface area contributed by atoms with Gasteiger partial charge in [0.05, 0.1) is 6.04 Å². The van der Waals surface area contributed by atoms with E-state index in [9.17, 15) is 0 Å². The Morgan fingerprint density at radius 3 is 2.10 bits per heavy atom. The van der Waals surface area contributed by atoms with Crippen LogP contribution in [-0.2, 0) is 0 Å². The minimum absolute atomic E-state index is 0.531. The lowest BCUT2D eigenvalue weighted by molar-refractivity contribution is 0.409. The van der Waals surface area contributed by atoms with Crippen LogP contribution in [0.4, 0.5) is 0 Å². The summed E-state index contributed by atoms with van der Waals surface area (Å²) in [7, 11) is 0. The number of amidine groups is 1. The van der Waals surface area contributed by atoms with Crippen molar-refractivity contribution in [2.24, 2.45) is 10.9 Å². The van der Waals surface area contributed by atoms with Gasteiger partial charge in [0.25, 0.3) is 0 Å². The van der Waals surface area contributed by atoms with E-state index in [-0.39, 0.29) is 0 Å². The van der Waals surface area contributed by atoms with Crippen LogP contribution >= 0.6 is 0 Å². The molecule has 3 aliphatic rings. The average molecular weight is 272 g/mol. The molecule has 0 bridgehead atoms. The third-order valence-electron chi connectivity index (χ3n) is 4.80. The van der Waals surface area contributed by atoms with Crippen LogP contribution in [0, 0.1) is 17.8 Å². The molecule has 0 aliphatic heterocycles. The molecule has 0 atom stereocenters. The largest absolute Gasteiger partial charge is 0.361 e. The van der Waals surface area contributed by atoms with Crippen LogP contribution in [0.25, 0.3) is 0 Å². The van der Waals surface area contributed by atoms with E-state index in [4.69, 9.17) is 4.99 Å². The van der Waals surface area contributed by atoms with E-state index in [1.165, 1.54) is 77.0 Å². The molecule has 0 aromatic carbocycles. The third kappa shape index (κ3) is 4.54. The zero-order valence-corrected chi connectivity index (χ0v) is 12.7. The Kier molecular flexibility index (Phi) is 5.01. The zero-order valence-electron chi connectivity index (χ0n) is 12.7. The maximum Gasteiger partial charge on any atom is 0.174 e. The lowest BCUT2D eigenvalue weighted by Gasteiger charge is -2.24. The maximum absolute atomic E-state index is 4.96. The monoisotopic (exact) mass is 272 g/mol. The summed E-state index contributed by atoms with van der Waals surface area (Å²) < 4.78 is 0. The Balaban J connectivity index is 1.62.